The summed E-state index contributed by atoms with van der Waals surface area (Å²) in [6.07, 6.45) is 0. The van der Waals surface area contributed by atoms with Gasteiger partial charge in [0, 0.05) is 0 Å². The molecule has 0 aliphatic rings. The van der Waals surface area contributed by atoms with E-state index in [-0.39, 0.29) is 5.56 Å². The highest BCUT2D eigenvalue weighted by Crippen LogP contribution is 2.15. The Morgan fingerprint density at radius 2 is 1.80 bits per heavy atom. The van der Waals surface area contributed by atoms with Crippen LogP contribution in [0.1, 0.15) is 11.4 Å². The molecule has 2 aromatic carbocycles. The molecule has 3 rings (SSSR count). The van der Waals surface area contributed by atoms with Crippen LogP contribution in [0.2, 0.25) is 0 Å². The summed E-state index contributed by atoms with van der Waals surface area (Å²) in [7, 11) is 0. The summed E-state index contributed by atoms with van der Waals surface area (Å²) < 4.78 is 1.49. The van der Waals surface area contributed by atoms with Crippen molar-refractivity contribution >= 4 is 10.9 Å². The third-order valence-corrected chi connectivity index (χ3v) is 3.21. The monoisotopic (exact) mass is 261 g/mol. The first kappa shape index (κ1) is 12.1. The van der Waals surface area contributed by atoms with E-state index in [9.17, 15) is 10.1 Å². The predicted molar refractivity (Wildman–Crippen MR) is 76.8 cm³/mol. The lowest BCUT2D eigenvalue weighted by Gasteiger charge is -2.11. The SMILES string of the molecule is Cc1nc2ccccc2c(=O)n1-c1ccccc1C#N. The van der Waals surface area contributed by atoms with Gasteiger partial charge >= 0.3 is 0 Å². The molecule has 0 bridgehead atoms. The zero-order valence-corrected chi connectivity index (χ0v) is 10.9. The smallest absolute Gasteiger partial charge is 0.266 e. The van der Waals surface area contributed by atoms with Crippen molar-refractivity contribution in [3.05, 3.63) is 70.3 Å². The van der Waals surface area contributed by atoms with Crippen LogP contribution < -0.4 is 5.56 Å². The van der Waals surface area contributed by atoms with E-state index in [4.69, 9.17) is 0 Å². The molecule has 0 radical (unpaired) electrons. The Balaban J connectivity index is 2.44. The molecule has 96 valence electrons. The Morgan fingerprint density at radius 1 is 1.10 bits per heavy atom. The Morgan fingerprint density at radius 3 is 2.60 bits per heavy atom. The second-order valence-electron chi connectivity index (χ2n) is 4.45. The van der Waals surface area contributed by atoms with Crippen LogP contribution in [0.25, 0.3) is 16.6 Å². The fraction of sp³-hybridized carbons (Fsp3) is 0.0625. The summed E-state index contributed by atoms with van der Waals surface area (Å²) in [6.45, 7) is 1.77. The van der Waals surface area contributed by atoms with Crippen molar-refractivity contribution in [1.82, 2.24) is 9.55 Å². The minimum absolute atomic E-state index is 0.157. The number of para-hydroxylation sites is 2. The summed E-state index contributed by atoms with van der Waals surface area (Å²) in [4.78, 5) is 17.1. The third kappa shape index (κ3) is 1.77. The molecule has 0 atom stereocenters. The zero-order valence-electron chi connectivity index (χ0n) is 10.9. The highest BCUT2D eigenvalue weighted by molar-refractivity contribution is 5.78. The summed E-state index contributed by atoms with van der Waals surface area (Å²) in [6, 6.07) is 16.3. The van der Waals surface area contributed by atoms with E-state index in [0.717, 1.165) is 0 Å². The highest BCUT2D eigenvalue weighted by atomic mass is 16.1. The van der Waals surface area contributed by atoms with Crippen LogP contribution in [0.5, 0.6) is 0 Å². The number of aryl methyl sites for hydroxylation is 1. The zero-order chi connectivity index (χ0) is 14.1. The second-order valence-corrected chi connectivity index (χ2v) is 4.45. The number of benzene rings is 2. The Bertz CT molecular complexity index is 903. The van der Waals surface area contributed by atoms with E-state index < -0.39 is 0 Å². The molecule has 0 fully saturated rings. The largest absolute Gasteiger partial charge is 0.268 e. The maximum atomic E-state index is 12.6. The van der Waals surface area contributed by atoms with Gasteiger partial charge < -0.3 is 0 Å². The van der Waals surface area contributed by atoms with Gasteiger partial charge in [-0.2, -0.15) is 5.26 Å². The van der Waals surface area contributed by atoms with Crippen molar-refractivity contribution in [2.45, 2.75) is 6.92 Å². The normalized spacial score (nSPS) is 10.4. The van der Waals surface area contributed by atoms with E-state index in [1.165, 1.54) is 4.57 Å². The summed E-state index contributed by atoms with van der Waals surface area (Å²) >= 11 is 0. The first-order chi connectivity index (χ1) is 9.72. The molecule has 0 spiro atoms. The van der Waals surface area contributed by atoms with Gasteiger partial charge in [0.2, 0.25) is 0 Å². The molecule has 4 heteroatoms. The van der Waals surface area contributed by atoms with Crippen LogP contribution in [0.4, 0.5) is 0 Å². The molecule has 0 amide bonds. The Labute approximate surface area is 115 Å². The van der Waals surface area contributed by atoms with Gasteiger partial charge in [0.05, 0.1) is 22.2 Å². The number of nitrogens with zero attached hydrogens (tertiary/aromatic N) is 3. The van der Waals surface area contributed by atoms with Gasteiger partial charge in [-0.3, -0.25) is 9.36 Å². The number of fused-ring (bicyclic) bond motifs is 1. The van der Waals surface area contributed by atoms with Crippen molar-refractivity contribution in [1.29, 1.82) is 5.26 Å². The molecule has 1 aromatic heterocycles. The maximum Gasteiger partial charge on any atom is 0.266 e. The van der Waals surface area contributed by atoms with Gasteiger partial charge in [-0.25, -0.2) is 4.98 Å². The first-order valence-electron chi connectivity index (χ1n) is 6.20. The lowest BCUT2D eigenvalue weighted by Crippen LogP contribution is -2.23. The van der Waals surface area contributed by atoms with Crippen molar-refractivity contribution < 1.29 is 0 Å². The van der Waals surface area contributed by atoms with Crippen LogP contribution in [-0.4, -0.2) is 9.55 Å². The van der Waals surface area contributed by atoms with E-state index in [1.807, 2.05) is 12.1 Å². The molecule has 0 unspecified atom stereocenters. The quantitative estimate of drug-likeness (QED) is 0.676. The summed E-state index contributed by atoms with van der Waals surface area (Å²) in [5.74, 6) is 0.566. The second kappa shape index (κ2) is 4.63. The predicted octanol–water partition coefficient (Wildman–Crippen LogP) is 2.57. The van der Waals surface area contributed by atoms with E-state index in [1.54, 1.807) is 43.3 Å². The van der Waals surface area contributed by atoms with Crippen LogP contribution in [-0.2, 0) is 0 Å². The summed E-state index contributed by atoms with van der Waals surface area (Å²) in [5.41, 5.74) is 1.53. The number of aromatic nitrogens is 2. The average molecular weight is 261 g/mol. The molecule has 0 saturated heterocycles. The molecular formula is C16H11N3O. The number of nitriles is 1. The highest BCUT2D eigenvalue weighted by Gasteiger charge is 2.12. The molecule has 0 saturated carbocycles. The molecule has 1 heterocycles. The fourth-order valence-electron chi connectivity index (χ4n) is 2.29. The van der Waals surface area contributed by atoms with Gasteiger partial charge in [-0.05, 0) is 31.2 Å². The van der Waals surface area contributed by atoms with Crippen molar-refractivity contribution in [2.75, 3.05) is 0 Å². The van der Waals surface area contributed by atoms with Crippen LogP contribution in [0.3, 0.4) is 0 Å². The Hall–Kier alpha value is -2.93. The number of hydrogen-bond acceptors (Lipinski definition) is 3. The standard InChI is InChI=1S/C16H11N3O/c1-11-18-14-8-4-3-7-13(14)16(20)19(11)15-9-5-2-6-12(15)10-17/h2-9H,1H3. The van der Waals surface area contributed by atoms with Crippen molar-refractivity contribution in [2.24, 2.45) is 0 Å². The van der Waals surface area contributed by atoms with Crippen LogP contribution >= 0.6 is 0 Å². The van der Waals surface area contributed by atoms with E-state index >= 15 is 0 Å². The van der Waals surface area contributed by atoms with Gasteiger partial charge in [-0.15, -0.1) is 0 Å². The Kier molecular flexibility index (Phi) is 2.81. The molecule has 0 aliphatic carbocycles. The van der Waals surface area contributed by atoms with Crippen molar-refractivity contribution in [3.63, 3.8) is 0 Å². The fourth-order valence-corrected chi connectivity index (χ4v) is 2.29. The molecule has 20 heavy (non-hydrogen) atoms. The third-order valence-electron chi connectivity index (χ3n) is 3.21. The van der Waals surface area contributed by atoms with Crippen LogP contribution in [0.15, 0.2) is 53.3 Å². The first-order valence-corrected chi connectivity index (χ1v) is 6.20. The van der Waals surface area contributed by atoms with Crippen molar-refractivity contribution in [3.8, 4) is 11.8 Å². The number of hydrogen-bond donors (Lipinski definition) is 0. The molecule has 4 nitrogen and oxygen atoms in total. The lowest BCUT2D eigenvalue weighted by molar-refractivity contribution is 0.892. The minimum Gasteiger partial charge on any atom is -0.268 e. The van der Waals surface area contributed by atoms with Gasteiger partial charge in [-0.1, -0.05) is 24.3 Å². The molecule has 0 aliphatic heterocycles. The van der Waals surface area contributed by atoms with Gasteiger partial charge in [0.15, 0.2) is 0 Å². The molecular weight excluding hydrogens is 250 g/mol. The number of rotatable bonds is 1. The van der Waals surface area contributed by atoms with E-state index in [0.29, 0.717) is 28.0 Å². The van der Waals surface area contributed by atoms with E-state index in [2.05, 4.69) is 11.1 Å². The topological polar surface area (TPSA) is 58.7 Å². The van der Waals surface area contributed by atoms with Gasteiger partial charge in [0.25, 0.3) is 5.56 Å². The van der Waals surface area contributed by atoms with Crippen LogP contribution in [0, 0.1) is 18.3 Å². The molecule has 0 N–H and O–H groups in total. The summed E-state index contributed by atoms with van der Waals surface area (Å²) in [5, 5.41) is 9.74. The maximum absolute atomic E-state index is 12.6. The van der Waals surface area contributed by atoms with Gasteiger partial charge in [0.1, 0.15) is 11.9 Å². The molecule has 3 aromatic rings. The minimum atomic E-state index is -0.157. The average Bonchev–Trinajstić information content (AvgIpc) is 2.48. The lowest BCUT2D eigenvalue weighted by atomic mass is 10.1.